The largest absolute Gasteiger partial charge is 0.370 e. The van der Waals surface area contributed by atoms with Crippen LogP contribution < -0.4 is 5.32 Å². The van der Waals surface area contributed by atoms with Crippen molar-refractivity contribution in [3.63, 3.8) is 0 Å². The first-order valence-corrected chi connectivity index (χ1v) is 10.8. The van der Waals surface area contributed by atoms with E-state index in [9.17, 15) is 4.79 Å². The van der Waals surface area contributed by atoms with Crippen LogP contribution in [0.1, 0.15) is 58.1 Å². The topological polar surface area (TPSA) is 70.2 Å². The monoisotopic (exact) mass is 374 g/mol. The number of imidazole rings is 1. The molecule has 4 heterocycles. The molecule has 0 saturated carbocycles. The number of carbonyl (C=O) groups is 1. The molecule has 6 heteroatoms. The first-order valence-electron chi connectivity index (χ1n) is 10.8. The lowest BCUT2D eigenvalue weighted by atomic mass is 9.73. The highest BCUT2D eigenvalue weighted by Gasteiger charge is 2.62. The van der Waals surface area contributed by atoms with Gasteiger partial charge in [-0.15, -0.1) is 0 Å². The van der Waals surface area contributed by atoms with E-state index in [0.717, 1.165) is 64.0 Å². The molecule has 150 valence electrons. The normalized spacial score (nSPS) is 32.3. The molecule has 3 fully saturated rings. The van der Waals surface area contributed by atoms with E-state index in [0.29, 0.717) is 17.9 Å². The predicted octanol–water partition coefficient (Wildman–Crippen LogP) is 2.72. The Morgan fingerprint density at radius 3 is 2.96 bits per heavy atom. The zero-order valence-electron chi connectivity index (χ0n) is 16.7. The van der Waals surface area contributed by atoms with Gasteiger partial charge in [0.05, 0.1) is 18.0 Å². The minimum Gasteiger partial charge on any atom is -0.370 e. The number of ether oxygens (including phenoxy) is 1. The van der Waals surface area contributed by atoms with Crippen molar-refractivity contribution < 1.29 is 9.53 Å². The number of H-pyrrole nitrogens is 1. The molecule has 1 amide bonds. The summed E-state index contributed by atoms with van der Waals surface area (Å²) < 4.78 is 6.51. The lowest BCUT2D eigenvalue weighted by Crippen LogP contribution is -2.43. The molecule has 2 bridgehead atoms. The van der Waals surface area contributed by atoms with Crippen LogP contribution in [-0.4, -0.2) is 52.1 Å². The molecular formula is C21H34N4O2. The van der Waals surface area contributed by atoms with Crippen LogP contribution in [0.2, 0.25) is 0 Å². The van der Waals surface area contributed by atoms with Gasteiger partial charge < -0.3 is 15.0 Å². The Bertz CT molecular complexity index is 628. The molecule has 1 aromatic heterocycles. The summed E-state index contributed by atoms with van der Waals surface area (Å²) in [7, 11) is 0. The van der Waals surface area contributed by atoms with Gasteiger partial charge in [-0.25, -0.2) is 4.98 Å². The number of amides is 1. The molecule has 6 nitrogen and oxygen atoms in total. The lowest BCUT2D eigenvalue weighted by Gasteiger charge is -2.30. The van der Waals surface area contributed by atoms with Crippen molar-refractivity contribution in [2.24, 2.45) is 17.8 Å². The van der Waals surface area contributed by atoms with Crippen molar-refractivity contribution in [1.82, 2.24) is 20.2 Å². The minimum absolute atomic E-state index is 0.0202. The van der Waals surface area contributed by atoms with E-state index in [-0.39, 0.29) is 17.4 Å². The average Bonchev–Trinajstić information content (AvgIpc) is 3.41. The quantitative estimate of drug-likeness (QED) is 0.697. The van der Waals surface area contributed by atoms with E-state index < -0.39 is 0 Å². The van der Waals surface area contributed by atoms with Crippen molar-refractivity contribution in [1.29, 1.82) is 0 Å². The number of carbonyl (C=O) groups excluding carboxylic acids is 1. The van der Waals surface area contributed by atoms with Crippen LogP contribution in [0.4, 0.5) is 0 Å². The average molecular weight is 375 g/mol. The summed E-state index contributed by atoms with van der Waals surface area (Å²) in [6.07, 6.45) is 10.4. The van der Waals surface area contributed by atoms with Gasteiger partial charge in [-0.1, -0.05) is 26.7 Å². The second kappa shape index (κ2) is 7.92. The lowest BCUT2D eigenvalue weighted by molar-refractivity contribution is -0.125. The summed E-state index contributed by atoms with van der Waals surface area (Å²) in [6, 6.07) is 0. The van der Waals surface area contributed by atoms with Gasteiger partial charge in [0.2, 0.25) is 5.91 Å². The highest BCUT2D eigenvalue weighted by Crippen LogP contribution is 2.54. The maximum absolute atomic E-state index is 12.7. The van der Waals surface area contributed by atoms with E-state index in [1.807, 2.05) is 6.20 Å². The SMILES string of the molecule is CCCC(CCC)C(=O)NC[C@H]1[C@H]2CN(Cc3cnc[nH]3)C[C@]23CC[C@H]1O3. The molecule has 3 saturated heterocycles. The maximum Gasteiger partial charge on any atom is 0.223 e. The third-order valence-electron chi connectivity index (χ3n) is 6.96. The zero-order valence-corrected chi connectivity index (χ0v) is 16.7. The molecule has 4 atom stereocenters. The Kier molecular flexibility index (Phi) is 5.55. The van der Waals surface area contributed by atoms with Gasteiger partial charge in [-0.05, 0) is 25.7 Å². The van der Waals surface area contributed by atoms with Gasteiger partial charge in [-0.2, -0.15) is 0 Å². The van der Waals surface area contributed by atoms with Crippen molar-refractivity contribution in [2.45, 2.75) is 70.6 Å². The van der Waals surface area contributed by atoms with E-state index in [2.05, 4.69) is 34.0 Å². The fourth-order valence-electron chi connectivity index (χ4n) is 5.76. The van der Waals surface area contributed by atoms with Crippen LogP contribution in [0.25, 0.3) is 0 Å². The summed E-state index contributed by atoms with van der Waals surface area (Å²) in [5, 5.41) is 3.30. The van der Waals surface area contributed by atoms with Crippen molar-refractivity contribution in [3.05, 3.63) is 18.2 Å². The van der Waals surface area contributed by atoms with Gasteiger partial charge in [0.15, 0.2) is 0 Å². The molecule has 0 unspecified atom stereocenters. The second-order valence-electron chi connectivity index (χ2n) is 8.80. The fourth-order valence-corrected chi connectivity index (χ4v) is 5.76. The third kappa shape index (κ3) is 3.66. The minimum atomic E-state index is 0.0202. The Hall–Kier alpha value is -1.40. The Morgan fingerprint density at radius 1 is 1.44 bits per heavy atom. The fraction of sp³-hybridized carbons (Fsp3) is 0.810. The standard InChI is InChI=1S/C21H34N4O2/c1-3-5-15(6-4-2)20(26)23-10-17-18-12-25(11-16-9-22-14-24-16)13-21(18)8-7-19(17)27-21/h9,14-15,17-19H,3-8,10-13H2,1-2H3,(H,22,24)(H,23,26)/t17-,18+,19+,21+/m0/s1. The third-order valence-corrected chi connectivity index (χ3v) is 6.96. The second-order valence-corrected chi connectivity index (χ2v) is 8.80. The molecule has 0 radical (unpaired) electrons. The number of hydrogen-bond donors (Lipinski definition) is 2. The maximum atomic E-state index is 12.7. The summed E-state index contributed by atoms with van der Waals surface area (Å²) in [5.74, 6) is 1.42. The number of hydrogen-bond acceptors (Lipinski definition) is 4. The number of fused-ring (bicyclic) bond motifs is 1. The highest BCUT2D eigenvalue weighted by atomic mass is 16.5. The van der Waals surface area contributed by atoms with Gasteiger partial charge in [-0.3, -0.25) is 9.69 Å². The highest BCUT2D eigenvalue weighted by molar-refractivity contribution is 5.78. The van der Waals surface area contributed by atoms with E-state index >= 15 is 0 Å². The summed E-state index contributed by atoms with van der Waals surface area (Å²) in [5.41, 5.74) is 1.18. The van der Waals surface area contributed by atoms with E-state index in [1.165, 1.54) is 6.42 Å². The number of aromatic nitrogens is 2. The molecular weight excluding hydrogens is 340 g/mol. The molecule has 0 aromatic carbocycles. The summed E-state index contributed by atoms with van der Waals surface area (Å²) in [4.78, 5) is 22.5. The number of rotatable bonds is 9. The summed E-state index contributed by atoms with van der Waals surface area (Å²) in [6.45, 7) is 8.07. The molecule has 1 aromatic rings. The Morgan fingerprint density at radius 2 is 2.26 bits per heavy atom. The van der Waals surface area contributed by atoms with E-state index in [1.54, 1.807) is 6.33 Å². The smallest absolute Gasteiger partial charge is 0.223 e. The molecule has 4 rings (SSSR count). The molecule has 3 aliphatic heterocycles. The predicted molar refractivity (Wildman–Crippen MR) is 104 cm³/mol. The van der Waals surface area contributed by atoms with E-state index in [4.69, 9.17) is 4.74 Å². The number of likely N-dealkylation sites (tertiary alicyclic amines) is 1. The molecule has 3 aliphatic rings. The first-order chi connectivity index (χ1) is 13.1. The number of nitrogens with zero attached hydrogens (tertiary/aromatic N) is 2. The van der Waals surface area contributed by atoms with Gasteiger partial charge in [0.1, 0.15) is 0 Å². The van der Waals surface area contributed by atoms with Crippen molar-refractivity contribution in [2.75, 3.05) is 19.6 Å². The van der Waals surface area contributed by atoms with Crippen molar-refractivity contribution >= 4 is 5.91 Å². The number of nitrogens with one attached hydrogen (secondary N) is 2. The van der Waals surface area contributed by atoms with Gasteiger partial charge in [0, 0.05) is 55.8 Å². The van der Waals surface area contributed by atoms with Gasteiger partial charge in [0.25, 0.3) is 0 Å². The Balaban J connectivity index is 1.36. The number of aromatic amines is 1. The molecule has 2 N–H and O–H groups in total. The van der Waals surface area contributed by atoms with Crippen LogP contribution in [0, 0.1) is 17.8 Å². The Labute approximate surface area is 162 Å². The van der Waals surface area contributed by atoms with Crippen LogP contribution >= 0.6 is 0 Å². The molecule has 27 heavy (non-hydrogen) atoms. The zero-order chi connectivity index (χ0) is 18.9. The van der Waals surface area contributed by atoms with Crippen LogP contribution in [0.3, 0.4) is 0 Å². The van der Waals surface area contributed by atoms with Crippen LogP contribution in [0.5, 0.6) is 0 Å². The summed E-state index contributed by atoms with van der Waals surface area (Å²) >= 11 is 0. The first kappa shape index (κ1) is 18.9. The molecule has 0 aliphatic carbocycles. The van der Waals surface area contributed by atoms with Crippen LogP contribution in [-0.2, 0) is 16.1 Å². The van der Waals surface area contributed by atoms with Gasteiger partial charge >= 0.3 is 0 Å². The van der Waals surface area contributed by atoms with Crippen molar-refractivity contribution in [3.8, 4) is 0 Å². The van der Waals surface area contributed by atoms with Crippen LogP contribution in [0.15, 0.2) is 12.5 Å². The molecule has 1 spiro atoms.